The van der Waals surface area contributed by atoms with Crippen LogP contribution < -0.4 is 5.73 Å². The van der Waals surface area contributed by atoms with Gasteiger partial charge in [0.25, 0.3) is 11.6 Å². The van der Waals surface area contributed by atoms with Crippen LogP contribution in [0.25, 0.3) is 22.4 Å². The highest BCUT2D eigenvalue weighted by molar-refractivity contribution is 6.07. The highest BCUT2D eigenvalue weighted by Gasteiger charge is 2.32. The lowest BCUT2D eigenvalue weighted by molar-refractivity contribution is -0.137. The predicted molar refractivity (Wildman–Crippen MR) is 105 cm³/mol. The topological polar surface area (TPSA) is 102 Å². The molecule has 162 valence electrons. The zero-order chi connectivity index (χ0) is 22.3. The van der Waals surface area contributed by atoms with Gasteiger partial charge >= 0.3 is 6.18 Å². The van der Waals surface area contributed by atoms with Gasteiger partial charge in [-0.25, -0.2) is 4.98 Å². The number of nitrogens with zero attached hydrogens (tertiary/aromatic N) is 3. The molecule has 2 amide bonds. The van der Waals surface area contributed by atoms with Crippen molar-refractivity contribution < 1.29 is 27.3 Å². The molecule has 4 rings (SSSR count). The minimum absolute atomic E-state index is 0.0229. The number of primary amides is 1. The van der Waals surface area contributed by atoms with Crippen molar-refractivity contribution >= 4 is 22.9 Å². The van der Waals surface area contributed by atoms with E-state index < -0.39 is 17.6 Å². The van der Waals surface area contributed by atoms with E-state index in [1.807, 2.05) is 0 Å². The molecule has 3 aromatic rings. The predicted octanol–water partition coefficient (Wildman–Crippen LogP) is 3.55. The number of hydrogen-bond donors (Lipinski definition) is 1. The fourth-order valence-electron chi connectivity index (χ4n) is 3.90. The Hall–Kier alpha value is -3.43. The SMILES string of the molecule is Cc1noc2nc(-c3cccc(C(F)(F)F)c3)cc(C(=O)N3CCC(CC(N)=O)C3)c12. The Morgan fingerprint density at radius 1 is 1.29 bits per heavy atom. The lowest BCUT2D eigenvalue weighted by Crippen LogP contribution is -2.29. The van der Waals surface area contributed by atoms with Gasteiger partial charge in [-0.3, -0.25) is 9.59 Å². The van der Waals surface area contributed by atoms with Gasteiger partial charge in [0, 0.05) is 25.1 Å². The summed E-state index contributed by atoms with van der Waals surface area (Å²) in [6, 6.07) is 6.18. The fraction of sp³-hybridized carbons (Fsp3) is 0.333. The van der Waals surface area contributed by atoms with E-state index in [0.717, 1.165) is 12.1 Å². The van der Waals surface area contributed by atoms with E-state index in [1.165, 1.54) is 18.2 Å². The maximum Gasteiger partial charge on any atom is 0.416 e. The maximum atomic E-state index is 13.3. The maximum absolute atomic E-state index is 13.3. The summed E-state index contributed by atoms with van der Waals surface area (Å²) in [6.07, 6.45) is -3.67. The van der Waals surface area contributed by atoms with Crippen molar-refractivity contribution in [2.75, 3.05) is 13.1 Å². The molecule has 1 saturated heterocycles. The van der Waals surface area contributed by atoms with Crippen LogP contribution in [0, 0.1) is 12.8 Å². The van der Waals surface area contributed by atoms with E-state index in [-0.39, 0.29) is 40.8 Å². The van der Waals surface area contributed by atoms with Gasteiger partial charge in [0.1, 0.15) is 0 Å². The third-order valence-electron chi connectivity index (χ3n) is 5.40. The Balaban J connectivity index is 1.75. The van der Waals surface area contributed by atoms with Crippen molar-refractivity contribution in [3.05, 3.63) is 47.2 Å². The van der Waals surface area contributed by atoms with Crippen LogP contribution in [0.4, 0.5) is 13.2 Å². The van der Waals surface area contributed by atoms with E-state index in [1.54, 1.807) is 11.8 Å². The normalized spacial score (nSPS) is 16.8. The van der Waals surface area contributed by atoms with Crippen LogP contribution in [0.5, 0.6) is 0 Å². The number of aromatic nitrogens is 2. The number of hydrogen-bond acceptors (Lipinski definition) is 5. The average Bonchev–Trinajstić information content (AvgIpc) is 3.32. The number of rotatable bonds is 4. The molecule has 0 aliphatic carbocycles. The van der Waals surface area contributed by atoms with Crippen LogP contribution in [0.15, 0.2) is 34.9 Å². The number of aryl methyl sites for hydroxylation is 1. The van der Waals surface area contributed by atoms with Crippen molar-refractivity contribution in [3.8, 4) is 11.3 Å². The minimum Gasteiger partial charge on any atom is -0.370 e. The summed E-state index contributed by atoms with van der Waals surface area (Å²) in [5.74, 6) is -0.767. The van der Waals surface area contributed by atoms with Gasteiger partial charge in [0.05, 0.1) is 27.9 Å². The lowest BCUT2D eigenvalue weighted by Gasteiger charge is -2.17. The van der Waals surface area contributed by atoms with Gasteiger partial charge in [-0.1, -0.05) is 17.3 Å². The number of benzene rings is 1. The summed E-state index contributed by atoms with van der Waals surface area (Å²) < 4.78 is 44.6. The molecular weight excluding hydrogens is 413 g/mol. The Bertz CT molecular complexity index is 1170. The standard InChI is InChI=1S/C21H19F3N4O3/c1-11-18-15(20(30)28-6-5-12(10-28)7-17(25)29)9-16(26-19(18)31-27-11)13-3-2-4-14(8-13)21(22,23)24/h2-4,8-9,12H,5-7,10H2,1H3,(H2,25,29). The number of halogens is 3. The molecule has 1 aliphatic heterocycles. The molecule has 3 heterocycles. The molecule has 2 aromatic heterocycles. The number of nitrogens with two attached hydrogens (primary N) is 1. The summed E-state index contributed by atoms with van der Waals surface area (Å²) in [7, 11) is 0. The second kappa shape index (κ2) is 7.68. The lowest BCUT2D eigenvalue weighted by atomic mass is 10.0. The van der Waals surface area contributed by atoms with Crippen LogP contribution in [0.3, 0.4) is 0 Å². The van der Waals surface area contributed by atoms with Crippen molar-refractivity contribution in [1.29, 1.82) is 0 Å². The number of pyridine rings is 1. The molecule has 0 saturated carbocycles. The molecule has 31 heavy (non-hydrogen) atoms. The van der Waals surface area contributed by atoms with E-state index in [9.17, 15) is 22.8 Å². The van der Waals surface area contributed by atoms with E-state index in [4.69, 9.17) is 10.3 Å². The Labute approximate surface area is 175 Å². The molecule has 0 radical (unpaired) electrons. The second-order valence-electron chi connectivity index (χ2n) is 7.66. The summed E-state index contributed by atoms with van der Waals surface area (Å²) in [5.41, 5.74) is 5.59. The zero-order valence-corrected chi connectivity index (χ0v) is 16.6. The molecule has 1 aliphatic rings. The second-order valence-corrected chi connectivity index (χ2v) is 7.66. The molecule has 0 bridgehead atoms. The number of carbonyl (C=O) groups is 2. The number of amides is 2. The van der Waals surface area contributed by atoms with Gasteiger partial charge in [-0.15, -0.1) is 0 Å². The molecule has 10 heteroatoms. The summed E-state index contributed by atoms with van der Waals surface area (Å²) in [4.78, 5) is 30.4. The van der Waals surface area contributed by atoms with Crippen LogP contribution in [0.2, 0.25) is 0 Å². The monoisotopic (exact) mass is 432 g/mol. The smallest absolute Gasteiger partial charge is 0.370 e. The largest absolute Gasteiger partial charge is 0.416 e. The molecule has 1 atom stereocenters. The van der Waals surface area contributed by atoms with Gasteiger partial charge in [-0.2, -0.15) is 13.2 Å². The first kappa shape index (κ1) is 20.8. The fourth-order valence-corrected chi connectivity index (χ4v) is 3.90. The third kappa shape index (κ3) is 4.10. The van der Waals surface area contributed by atoms with Crippen molar-refractivity contribution in [2.24, 2.45) is 11.7 Å². The van der Waals surface area contributed by atoms with Crippen molar-refractivity contribution in [2.45, 2.75) is 25.9 Å². The Morgan fingerprint density at radius 2 is 2.06 bits per heavy atom. The quantitative estimate of drug-likeness (QED) is 0.679. The number of fused-ring (bicyclic) bond motifs is 1. The van der Waals surface area contributed by atoms with E-state index in [2.05, 4.69) is 10.1 Å². The van der Waals surface area contributed by atoms with E-state index >= 15 is 0 Å². The summed E-state index contributed by atoms with van der Waals surface area (Å²) >= 11 is 0. The first-order chi connectivity index (χ1) is 14.6. The Kier molecular flexibility index (Phi) is 5.16. The molecule has 2 N–H and O–H groups in total. The molecule has 1 aromatic carbocycles. The number of likely N-dealkylation sites (tertiary alicyclic amines) is 1. The molecule has 0 spiro atoms. The highest BCUT2D eigenvalue weighted by Crippen LogP contribution is 2.34. The first-order valence-corrected chi connectivity index (χ1v) is 9.65. The minimum atomic E-state index is -4.51. The van der Waals surface area contributed by atoms with Crippen LogP contribution in [-0.4, -0.2) is 39.9 Å². The van der Waals surface area contributed by atoms with Gasteiger partial charge in [0.15, 0.2) is 0 Å². The zero-order valence-electron chi connectivity index (χ0n) is 16.6. The highest BCUT2D eigenvalue weighted by atomic mass is 19.4. The number of alkyl halides is 3. The third-order valence-corrected chi connectivity index (χ3v) is 5.40. The van der Waals surface area contributed by atoms with E-state index in [0.29, 0.717) is 30.6 Å². The van der Waals surface area contributed by atoms with Crippen LogP contribution in [-0.2, 0) is 11.0 Å². The first-order valence-electron chi connectivity index (χ1n) is 9.65. The molecular formula is C21H19F3N4O3. The van der Waals surface area contributed by atoms with Crippen LogP contribution >= 0.6 is 0 Å². The molecule has 1 unspecified atom stereocenters. The summed E-state index contributed by atoms with van der Waals surface area (Å²) in [6.45, 7) is 2.48. The molecule has 7 nitrogen and oxygen atoms in total. The average molecular weight is 432 g/mol. The van der Waals surface area contributed by atoms with Crippen molar-refractivity contribution in [3.63, 3.8) is 0 Å². The summed E-state index contributed by atoms with van der Waals surface area (Å²) in [5, 5.41) is 4.28. The van der Waals surface area contributed by atoms with Gasteiger partial charge < -0.3 is 15.2 Å². The Morgan fingerprint density at radius 3 is 2.77 bits per heavy atom. The van der Waals surface area contributed by atoms with Crippen molar-refractivity contribution in [1.82, 2.24) is 15.0 Å². The van der Waals surface area contributed by atoms with Gasteiger partial charge in [0.2, 0.25) is 5.91 Å². The van der Waals surface area contributed by atoms with Gasteiger partial charge in [-0.05, 0) is 37.5 Å². The molecule has 1 fully saturated rings. The number of carbonyl (C=O) groups excluding carboxylic acids is 2. The van der Waals surface area contributed by atoms with Crippen LogP contribution in [0.1, 0.15) is 34.5 Å².